The summed E-state index contributed by atoms with van der Waals surface area (Å²) in [6.07, 6.45) is 5.39. The highest BCUT2D eigenvalue weighted by Crippen LogP contribution is 2.40. The van der Waals surface area contributed by atoms with Crippen molar-refractivity contribution in [2.45, 2.75) is 43.7 Å². The lowest BCUT2D eigenvalue weighted by Crippen LogP contribution is -2.49. The number of hydrogen-bond donors (Lipinski definition) is 2. The fourth-order valence-corrected chi connectivity index (χ4v) is 3.00. The zero-order valence-corrected chi connectivity index (χ0v) is 10.8. The van der Waals surface area contributed by atoms with E-state index in [-0.39, 0.29) is 17.5 Å². The molecule has 1 aromatic carbocycles. The van der Waals surface area contributed by atoms with Crippen molar-refractivity contribution in [2.75, 3.05) is 7.11 Å². The van der Waals surface area contributed by atoms with E-state index in [0.717, 1.165) is 31.2 Å². The van der Waals surface area contributed by atoms with Gasteiger partial charge in [0.2, 0.25) is 0 Å². The van der Waals surface area contributed by atoms with Gasteiger partial charge in [-0.2, -0.15) is 0 Å². The lowest BCUT2D eigenvalue weighted by atomic mass is 9.77. The second-order valence-corrected chi connectivity index (χ2v) is 4.98. The Morgan fingerprint density at radius 1 is 1.33 bits per heavy atom. The van der Waals surface area contributed by atoms with Crippen LogP contribution in [-0.4, -0.2) is 12.7 Å². The number of nitrogens with one attached hydrogen (secondary N) is 1. The first-order valence-corrected chi connectivity index (χ1v) is 6.48. The first-order valence-electron chi connectivity index (χ1n) is 6.48. The molecular formula is C14H21FN2O. The SMILES string of the molecule is COC1(C(NN)c2cccc(F)c2)CCCCC1. The summed E-state index contributed by atoms with van der Waals surface area (Å²) in [5, 5.41) is 0. The minimum absolute atomic E-state index is 0.168. The Morgan fingerprint density at radius 2 is 2.06 bits per heavy atom. The van der Waals surface area contributed by atoms with Gasteiger partial charge in [0.25, 0.3) is 0 Å². The highest BCUT2D eigenvalue weighted by molar-refractivity contribution is 5.23. The summed E-state index contributed by atoms with van der Waals surface area (Å²) in [4.78, 5) is 0. The number of nitrogens with two attached hydrogens (primary N) is 1. The summed E-state index contributed by atoms with van der Waals surface area (Å²) in [7, 11) is 1.72. The smallest absolute Gasteiger partial charge is 0.123 e. The van der Waals surface area contributed by atoms with Gasteiger partial charge in [0.1, 0.15) is 5.82 Å². The van der Waals surface area contributed by atoms with Gasteiger partial charge >= 0.3 is 0 Å². The Bertz CT molecular complexity index is 391. The summed E-state index contributed by atoms with van der Waals surface area (Å²) < 4.78 is 19.1. The van der Waals surface area contributed by atoms with E-state index in [1.54, 1.807) is 13.2 Å². The van der Waals surface area contributed by atoms with Crippen LogP contribution in [0.3, 0.4) is 0 Å². The van der Waals surface area contributed by atoms with Crippen molar-refractivity contribution in [3.8, 4) is 0 Å². The van der Waals surface area contributed by atoms with Crippen molar-refractivity contribution < 1.29 is 9.13 Å². The monoisotopic (exact) mass is 252 g/mol. The molecule has 0 spiro atoms. The van der Waals surface area contributed by atoms with Crippen LogP contribution in [0.25, 0.3) is 0 Å². The van der Waals surface area contributed by atoms with Gasteiger partial charge in [-0.1, -0.05) is 31.4 Å². The Balaban J connectivity index is 2.31. The van der Waals surface area contributed by atoms with Crippen LogP contribution in [0.15, 0.2) is 24.3 Å². The lowest BCUT2D eigenvalue weighted by Gasteiger charge is -2.42. The highest BCUT2D eigenvalue weighted by atomic mass is 19.1. The van der Waals surface area contributed by atoms with Crippen LogP contribution in [0.1, 0.15) is 43.7 Å². The van der Waals surface area contributed by atoms with Crippen molar-refractivity contribution >= 4 is 0 Å². The molecule has 0 amide bonds. The number of benzene rings is 1. The fraction of sp³-hybridized carbons (Fsp3) is 0.571. The molecule has 0 bridgehead atoms. The van der Waals surface area contributed by atoms with E-state index in [4.69, 9.17) is 10.6 Å². The second kappa shape index (κ2) is 5.78. The third-order valence-corrected chi connectivity index (χ3v) is 3.98. The topological polar surface area (TPSA) is 47.3 Å². The maximum Gasteiger partial charge on any atom is 0.123 e. The highest BCUT2D eigenvalue weighted by Gasteiger charge is 2.40. The normalized spacial score (nSPS) is 20.6. The minimum Gasteiger partial charge on any atom is -0.376 e. The van der Waals surface area contributed by atoms with Crippen LogP contribution in [0, 0.1) is 5.82 Å². The molecule has 4 heteroatoms. The average Bonchev–Trinajstić information content (AvgIpc) is 2.41. The quantitative estimate of drug-likeness (QED) is 0.640. The van der Waals surface area contributed by atoms with Crippen molar-refractivity contribution in [3.63, 3.8) is 0 Å². The van der Waals surface area contributed by atoms with E-state index in [0.29, 0.717) is 0 Å². The van der Waals surface area contributed by atoms with E-state index in [1.807, 2.05) is 6.07 Å². The van der Waals surface area contributed by atoms with Crippen molar-refractivity contribution in [3.05, 3.63) is 35.6 Å². The molecule has 1 unspecified atom stereocenters. The van der Waals surface area contributed by atoms with E-state index in [1.165, 1.54) is 18.6 Å². The van der Waals surface area contributed by atoms with E-state index < -0.39 is 0 Å². The number of hydrazine groups is 1. The standard InChI is InChI=1S/C14H21FN2O/c1-18-14(8-3-2-4-9-14)13(17-16)11-6-5-7-12(15)10-11/h5-7,10,13,17H,2-4,8-9,16H2,1H3. The molecule has 0 heterocycles. The van der Waals surface area contributed by atoms with Crippen LogP contribution >= 0.6 is 0 Å². The Morgan fingerprint density at radius 3 is 2.61 bits per heavy atom. The van der Waals surface area contributed by atoms with Crippen molar-refractivity contribution in [1.29, 1.82) is 0 Å². The van der Waals surface area contributed by atoms with Gasteiger partial charge in [-0.3, -0.25) is 11.3 Å². The van der Waals surface area contributed by atoms with Gasteiger partial charge in [0, 0.05) is 7.11 Å². The van der Waals surface area contributed by atoms with Crippen LogP contribution in [0.4, 0.5) is 4.39 Å². The maximum absolute atomic E-state index is 13.4. The molecule has 100 valence electrons. The molecule has 0 aliphatic heterocycles. The number of ether oxygens (including phenoxy) is 1. The van der Waals surface area contributed by atoms with Crippen LogP contribution in [-0.2, 0) is 4.74 Å². The van der Waals surface area contributed by atoms with Crippen LogP contribution < -0.4 is 11.3 Å². The molecule has 1 aliphatic carbocycles. The Labute approximate surface area is 107 Å². The third-order valence-electron chi connectivity index (χ3n) is 3.98. The third kappa shape index (κ3) is 2.55. The van der Waals surface area contributed by atoms with Crippen molar-refractivity contribution in [2.24, 2.45) is 5.84 Å². The van der Waals surface area contributed by atoms with Gasteiger partial charge in [-0.15, -0.1) is 0 Å². The van der Waals surface area contributed by atoms with Gasteiger partial charge in [-0.05, 0) is 30.5 Å². The molecule has 0 aromatic heterocycles. The predicted octanol–water partition coefficient (Wildman–Crippen LogP) is 2.68. The minimum atomic E-state index is -0.319. The molecule has 1 aromatic rings. The van der Waals surface area contributed by atoms with E-state index >= 15 is 0 Å². The Hall–Kier alpha value is -0.970. The summed E-state index contributed by atoms with van der Waals surface area (Å²) in [6, 6.07) is 6.40. The number of hydrogen-bond acceptors (Lipinski definition) is 3. The molecule has 1 fully saturated rings. The van der Waals surface area contributed by atoms with Gasteiger partial charge in [-0.25, -0.2) is 4.39 Å². The molecule has 0 radical (unpaired) electrons. The zero-order chi connectivity index (χ0) is 13.0. The largest absolute Gasteiger partial charge is 0.376 e. The predicted molar refractivity (Wildman–Crippen MR) is 69.3 cm³/mol. The number of rotatable bonds is 4. The first kappa shape index (κ1) is 13.5. The van der Waals surface area contributed by atoms with Crippen molar-refractivity contribution in [1.82, 2.24) is 5.43 Å². The fourth-order valence-electron chi connectivity index (χ4n) is 3.00. The molecule has 2 rings (SSSR count). The average molecular weight is 252 g/mol. The van der Waals surface area contributed by atoms with Crippen LogP contribution in [0.5, 0.6) is 0 Å². The van der Waals surface area contributed by atoms with Gasteiger partial charge < -0.3 is 4.74 Å². The van der Waals surface area contributed by atoms with E-state index in [9.17, 15) is 4.39 Å². The molecule has 3 N–H and O–H groups in total. The molecule has 3 nitrogen and oxygen atoms in total. The molecular weight excluding hydrogens is 231 g/mol. The first-order chi connectivity index (χ1) is 8.72. The van der Waals surface area contributed by atoms with Gasteiger partial charge in [0.15, 0.2) is 0 Å². The van der Waals surface area contributed by atoms with Crippen LogP contribution in [0.2, 0.25) is 0 Å². The summed E-state index contributed by atoms with van der Waals surface area (Å²) in [5.41, 5.74) is 3.35. The lowest BCUT2D eigenvalue weighted by molar-refractivity contribution is -0.0689. The molecule has 0 saturated heterocycles. The Kier molecular flexibility index (Phi) is 4.32. The molecule has 18 heavy (non-hydrogen) atoms. The molecule has 1 aliphatic rings. The maximum atomic E-state index is 13.4. The number of methoxy groups -OCH3 is 1. The van der Waals surface area contributed by atoms with Gasteiger partial charge in [0.05, 0.1) is 11.6 Å². The summed E-state index contributed by atoms with van der Waals surface area (Å²) in [5.74, 6) is 5.45. The zero-order valence-electron chi connectivity index (χ0n) is 10.8. The van der Waals surface area contributed by atoms with E-state index in [2.05, 4.69) is 5.43 Å². The molecule has 1 atom stereocenters. The number of halogens is 1. The second-order valence-electron chi connectivity index (χ2n) is 4.98. The summed E-state index contributed by atoms with van der Waals surface area (Å²) in [6.45, 7) is 0. The molecule has 1 saturated carbocycles. The summed E-state index contributed by atoms with van der Waals surface area (Å²) >= 11 is 0.